The number of aromatic hydroxyl groups is 1. The first-order chi connectivity index (χ1) is 31.7. The molecule has 0 radical (unpaired) electrons. The van der Waals surface area contributed by atoms with Crippen molar-refractivity contribution in [3.63, 3.8) is 0 Å². The van der Waals surface area contributed by atoms with Crippen LogP contribution in [0.15, 0.2) is 41.8 Å². The van der Waals surface area contributed by atoms with Gasteiger partial charge in [-0.3, -0.25) is 38.6 Å². The number of aromatic nitrogens is 2. The molecule has 23 heteroatoms. The van der Waals surface area contributed by atoms with Gasteiger partial charge in [-0.15, -0.1) is 0 Å². The number of rotatable bonds is 25. The predicted molar refractivity (Wildman–Crippen MR) is 251 cm³/mol. The Kier molecular flexibility index (Phi) is 20.3. The number of carbonyl (C=O) groups excluding carboxylic acids is 7. The van der Waals surface area contributed by atoms with Crippen LogP contribution in [-0.2, 0) is 51.2 Å². The first-order valence-corrected chi connectivity index (χ1v) is 22.7. The normalized spacial score (nSPS) is 16.5. The van der Waals surface area contributed by atoms with Crippen LogP contribution < -0.4 is 49.1 Å². The number of carbonyl (C=O) groups is 8. The minimum Gasteiger partial charge on any atom is -0.508 e. The minimum absolute atomic E-state index is 0.0444. The molecule has 1 saturated heterocycles. The SMILES string of the molecule is CC[C@H](C)[C@H](NC(=O)[C@H](Cc1ccc(O)cc1)NC(=O)[C@@H](NC(=O)[C@H](CCCN=C(N)N)NC(=O)C(C)(C)N)C(C)C)C(=O)N[C@@H](Cc1cnc[nH]1)C(=O)N1CCC[C@H]1C(=O)NC(C)(C)C(=O)O. The second-order valence-electron chi connectivity index (χ2n) is 18.7. The quantitative estimate of drug-likeness (QED) is 0.0316. The van der Waals surface area contributed by atoms with Crippen molar-refractivity contribution in [3.05, 3.63) is 48.0 Å². The number of guanidine groups is 1. The van der Waals surface area contributed by atoms with Crippen LogP contribution >= 0.6 is 0 Å². The van der Waals surface area contributed by atoms with E-state index in [0.717, 1.165) is 0 Å². The molecule has 0 aliphatic carbocycles. The molecule has 1 aromatic heterocycles. The largest absolute Gasteiger partial charge is 0.508 e. The van der Waals surface area contributed by atoms with E-state index in [1.807, 2.05) is 0 Å². The molecule has 3 rings (SSSR count). The van der Waals surface area contributed by atoms with E-state index in [1.54, 1.807) is 39.8 Å². The van der Waals surface area contributed by atoms with Crippen LogP contribution in [0.3, 0.4) is 0 Å². The van der Waals surface area contributed by atoms with Crippen molar-refractivity contribution in [3.8, 4) is 5.75 Å². The van der Waals surface area contributed by atoms with Gasteiger partial charge in [0.2, 0.25) is 41.4 Å². The van der Waals surface area contributed by atoms with Crippen LogP contribution in [0.1, 0.15) is 98.8 Å². The van der Waals surface area contributed by atoms with Gasteiger partial charge in [-0.2, -0.15) is 0 Å². The van der Waals surface area contributed by atoms with E-state index in [4.69, 9.17) is 17.2 Å². The smallest absolute Gasteiger partial charge is 0.328 e. The van der Waals surface area contributed by atoms with Crippen molar-refractivity contribution in [2.45, 2.75) is 148 Å². The van der Waals surface area contributed by atoms with Crippen molar-refractivity contribution in [1.29, 1.82) is 0 Å². The van der Waals surface area contributed by atoms with E-state index >= 15 is 0 Å². The molecule has 2 aromatic rings. The molecule has 376 valence electrons. The number of nitrogens with zero attached hydrogens (tertiary/aromatic N) is 3. The Bertz CT molecular complexity index is 2100. The Morgan fingerprint density at radius 1 is 0.853 bits per heavy atom. The van der Waals surface area contributed by atoms with E-state index < -0.39 is 106 Å². The summed E-state index contributed by atoms with van der Waals surface area (Å²) < 4.78 is 0. The molecule has 68 heavy (non-hydrogen) atoms. The number of likely N-dealkylation sites (tertiary alicyclic amines) is 1. The summed E-state index contributed by atoms with van der Waals surface area (Å²) in [6.07, 6.45) is 4.09. The molecule has 0 bridgehead atoms. The maximum atomic E-state index is 14.5. The fraction of sp³-hybridized carbons (Fsp3) is 0.600. The van der Waals surface area contributed by atoms with Gasteiger partial charge in [-0.25, -0.2) is 9.78 Å². The number of aromatic amines is 1. The van der Waals surface area contributed by atoms with Gasteiger partial charge < -0.3 is 69.2 Å². The zero-order chi connectivity index (χ0) is 51.1. The third kappa shape index (κ3) is 16.5. The number of amides is 7. The number of imidazole rings is 1. The summed E-state index contributed by atoms with van der Waals surface area (Å²) in [5, 5.41) is 35.7. The lowest BCUT2D eigenvalue weighted by molar-refractivity contribution is -0.148. The molecule has 1 fully saturated rings. The van der Waals surface area contributed by atoms with Gasteiger partial charge >= 0.3 is 5.97 Å². The number of hydrogen-bond donors (Lipinski definition) is 12. The third-order valence-electron chi connectivity index (χ3n) is 11.6. The number of hydrogen-bond acceptors (Lipinski definition) is 12. The molecule has 15 N–H and O–H groups in total. The summed E-state index contributed by atoms with van der Waals surface area (Å²) in [5.41, 5.74) is 14.9. The molecule has 0 unspecified atom stereocenters. The third-order valence-corrected chi connectivity index (χ3v) is 11.6. The van der Waals surface area contributed by atoms with E-state index in [0.29, 0.717) is 24.1 Å². The van der Waals surface area contributed by atoms with E-state index in [-0.39, 0.29) is 56.9 Å². The van der Waals surface area contributed by atoms with Gasteiger partial charge in [-0.1, -0.05) is 46.2 Å². The van der Waals surface area contributed by atoms with Gasteiger partial charge in [0.05, 0.1) is 11.9 Å². The van der Waals surface area contributed by atoms with Gasteiger partial charge in [0.25, 0.3) is 0 Å². The first-order valence-electron chi connectivity index (χ1n) is 22.7. The Hall–Kier alpha value is -6.78. The molecule has 1 aromatic carbocycles. The predicted octanol–water partition coefficient (Wildman–Crippen LogP) is -1.21. The molecule has 0 spiro atoms. The maximum absolute atomic E-state index is 14.5. The van der Waals surface area contributed by atoms with E-state index in [1.165, 1.54) is 57.3 Å². The van der Waals surface area contributed by atoms with Gasteiger partial charge in [-0.05, 0) is 82.9 Å². The number of aliphatic carboxylic acids is 1. The minimum atomic E-state index is -1.62. The fourth-order valence-electron chi connectivity index (χ4n) is 7.23. The number of carboxylic acid groups (broad SMARTS) is 1. The highest BCUT2D eigenvalue weighted by atomic mass is 16.4. The first kappa shape index (κ1) is 55.5. The average molecular weight is 954 g/mol. The summed E-state index contributed by atoms with van der Waals surface area (Å²) >= 11 is 0. The van der Waals surface area contributed by atoms with Crippen molar-refractivity contribution in [1.82, 2.24) is 46.8 Å². The zero-order valence-corrected chi connectivity index (χ0v) is 40.2. The molecule has 1 aliphatic rings. The summed E-state index contributed by atoms with van der Waals surface area (Å²) in [7, 11) is 0. The summed E-state index contributed by atoms with van der Waals surface area (Å²) in [6, 6.07) is -1.40. The molecular weight excluding hydrogens is 883 g/mol. The number of benzene rings is 1. The summed E-state index contributed by atoms with van der Waals surface area (Å²) in [4.78, 5) is 122. The zero-order valence-electron chi connectivity index (χ0n) is 40.2. The molecule has 7 atom stereocenters. The number of carboxylic acids is 1. The number of aliphatic imine (C=N–C) groups is 1. The second-order valence-corrected chi connectivity index (χ2v) is 18.7. The monoisotopic (exact) mass is 954 g/mol. The highest BCUT2D eigenvalue weighted by molar-refractivity contribution is 5.98. The fourth-order valence-corrected chi connectivity index (χ4v) is 7.23. The Morgan fingerprint density at radius 2 is 1.46 bits per heavy atom. The average Bonchev–Trinajstić information content (AvgIpc) is 3.97. The van der Waals surface area contributed by atoms with Crippen molar-refractivity contribution in [2.75, 3.05) is 13.1 Å². The molecule has 1 aliphatic heterocycles. The number of phenols is 1. The highest BCUT2D eigenvalue weighted by Gasteiger charge is 2.42. The van der Waals surface area contributed by atoms with Crippen LogP contribution in [0, 0.1) is 11.8 Å². The van der Waals surface area contributed by atoms with E-state index in [9.17, 15) is 48.6 Å². The second kappa shape index (κ2) is 24.8. The topological polar surface area (TPSA) is 372 Å². The van der Waals surface area contributed by atoms with Crippen LogP contribution in [0.2, 0.25) is 0 Å². The molecule has 0 saturated carbocycles. The highest BCUT2D eigenvalue weighted by Crippen LogP contribution is 2.22. The number of H-pyrrole nitrogens is 1. The van der Waals surface area contributed by atoms with Gasteiger partial charge in [0.1, 0.15) is 47.5 Å². The molecule has 23 nitrogen and oxygen atoms in total. The van der Waals surface area contributed by atoms with Crippen LogP contribution in [0.5, 0.6) is 5.75 Å². The lowest BCUT2D eigenvalue weighted by atomic mass is 9.96. The maximum Gasteiger partial charge on any atom is 0.328 e. The van der Waals surface area contributed by atoms with Gasteiger partial charge in [0.15, 0.2) is 5.96 Å². The van der Waals surface area contributed by atoms with Crippen molar-refractivity contribution >= 4 is 53.3 Å². The van der Waals surface area contributed by atoms with Crippen LogP contribution in [-0.4, -0.2) is 139 Å². The number of phenolic OH excluding ortho intramolecular Hbond substituents is 1. The van der Waals surface area contributed by atoms with Crippen molar-refractivity contribution < 1.29 is 48.6 Å². The van der Waals surface area contributed by atoms with Gasteiger partial charge in [0, 0.05) is 37.8 Å². The lowest BCUT2D eigenvalue weighted by Crippen LogP contribution is -2.62. The van der Waals surface area contributed by atoms with E-state index in [2.05, 4.69) is 46.9 Å². The summed E-state index contributed by atoms with van der Waals surface area (Å²) in [5.74, 6) is -7.45. The number of nitrogens with one attached hydrogen (secondary N) is 7. The molecule has 2 heterocycles. The Morgan fingerprint density at radius 3 is 2.01 bits per heavy atom. The molecule has 7 amide bonds. The lowest BCUT2D eigenvalue weighted by Gasteiger charge is -2.32. The Labute approximate surface area is 396 Å². The Balaban J connectivity index is 1.93. The van der Waals surface area contributed by atoms with Crippen molar-refractivity contribution in [2.24, 2.45) is 34.0 Å². The van der Waals surface area contributed by atoms with Crippen LogP contribution in [0.25, 0.3) is 0 Å². The van der Waals surface area contributed by atoms with Crippen LogP contribution in [0.4, 0.5) is 0 Å². The number of nitrogens with two attached hydrogens (primary N) is 3. The standard InChI is InChI=1S/C45H71N13O10/c1-9-25(4)34(39(64)53-31(21-27-22-49-23-51-27)40(65)58-19-11-13-32(58)37(62)57-45(7,8)42(67)68)56-36(61)30(20-26-14-16-28(59)17-15-26)52-38(63)33(24(2)3)55-35(60)29(12-10-18-50-43(46)47)54-41(66)44(5,6)48/h14-17,22-25,29-34,59H,9-13,18-21,48H2,1-8H3,(H,49,51)(H,52,63)(H,53,64)(H,54,66)(H,55,60)(H,56,61)(H,57,62)(H,67,68)(H4,46,47,50)/t25-,29-,30-,31-,32-,33-,34-/m0/s1. The molecular formula is C45H71N13O10. The summed E-state index contributed by atoms with van der Waals surface area (Å²) in [6.45, 7) is 12.8.